The molecule has 1 heterocycles. The predicted molar refractivity (Wildman–Crippen MR) is 79.7 cm³/mol. The number of unbranched alkanes of at least 4 members (excludes halogenated alkanes) is 1. The van der Waals surface area contributed by atoms with Crippen molar-refractivity contribution >= 4 is 6.03 Å². The summed E-state index contributed by atoms with van der Waals surface area (Å²) >= 11 is 0. The summed E-state index contributed by atoms with van der Waals surface area (Å²) < 4.78 is 0. The molecule has 1 aliphatic carbocycles. The van der Waals surface area contributed by atoms with E-state index in [-0.39, 0.29) is 6.03 Å². The molecule has 0 unspecified atom stereocenters. The van der Waals surface area contributed by atoms with Crippen LogP contribution in [0.2, 0.25) is 0 Å². The molecule has 0 aromatic carbocycles. The van der Waals surface area contributed by atoms with E-state index in [1.807, 2.05) is 0 Å². The van der Waals surface area contributed by atoms with Crippen molar-refractivity contribution in [3.63, 3.8) is 0 Å². The number of carbonyl (C=O) groups is 1. The lowest BCUT2D eigenvalue weighted by atomic mass is 10.0. The number of hydrogen-bond donors (Lipinski definition) is 3. The Kier molecular flexibility index (Phi) is 6.10. The van der Waals surface area contributed by atoms with Gasteiger partial charge in [0, 0.05) is 13.1 Å². The van der Waals surface area contributed by atoms with E-state index < -0.39 is 5.60 Å². The second-order valence-corrected chi connectivity index (χ2v) is 6.30. The highest BCUT2D eigenvalue weighted by molar-refractivity contribution is 5.73. The fraction of sp³-hybridized carbons (Fsp3) is 0.933. The molecule has 2 rings (SSSR count). The number of urea groups is 1. The minimum atomic E-state index is -0.660. The zero-order valence-corrected chi connectivity index (χ0v) is 12.5. The van der Waals surface area contributed by atoms with Gasteiger partial charge in [0.1, 0.15) is 0 Å². The number of nitrogens with one attached hydrogen (secondary N) is 2. The maximum Gasteiger partial charge on any atom is 0.314 e. The Morgan fingerprint density at radius 2 is 1.75 bits per heavy atom. The van der Waals surface area contributed by atoms with Crippen LogP contribution in [0.3, 0.4) is 0 Å². The lowest BCUT2D eigenvalue weighted by Gasteiger charge is -2.22. The van der Waals surface area contributed by atoms with Crippen molar-refractivity contribution in [3.05, 3.63) is 0 Å². The number of amides is 2. The molecule has 5 nitrogen and oxygen atoms in total. The van der Waals surface area contributed by atoms with Crippen molar-refractivity contribution in [2.75, 3.05) is 32.7 Å². The summed E-state index contributed by atoms with van der Waals surface area (Å²) in [6.07, 6.45) is 8.59. The van der Waals surface area contributed by atoms with Gasteiger partial charge in [-0.2, -0.15) is 0 Å². The molecular formula is C15H29N3O2. The van der Waals surface area contributed by atoms with Crippen LogP contribution in [0.4, 0.5) is 4.79 Å². The largest absolute Gasteiger partial charge is 0.388 e. The van der Waals surface area contributed by atoms with Crippen LogP contribution in [0.15, 0.2) is 0 Å². The zero-order chi connectivity index (χ0) is 14.3. The molecule has 0 aromatic heterocycles. The topological polar surface area (TPSA) is 64.6 Å². The van der Waals surface area contributed by atoms with E-state index in [2.05, 4.69) is 15.5 Å². The van der Waals surface area contributed by atoms with Crippen molar-refractivity contribution in [2.45, 2.75) is 57.0 Å². The molecule has 5 heteroatoms. The van der Waals surface area contributed by atoms with Crippen LogP contribution in [-0.4, -0.2) is 54.4 Å². The van der Waals surface area contributed by atoms with E-state index in [4.69, 9.17) is 0 Å². The molecule has 2 amide bonds. The van der Waals surface area contributed by atoms with Crippen LogP contribution in [0, 0.1) is 0 Å². The smallest absolute Gasteiger partial charge is 0.314 e. The minimum absolute atomic E-state index is 0.147. The van der Waals surface area contributed by atoms with E-state index in [9.17, 15) is 9.90 Å². The van der Waals surface area contributed by atoms with Crippen molar-refractivity contribution in [2.24, 2.45) is 0 Å². The van der Waals surface area contributed by atoms with Gasteiger partial charge in [-0.3, -0.25) is 0 Å². The fourth-order valence-electron chi connectivity index (χ4n) is 3.19. The highest BCUT2D eigenvalue weighted by atomic mass is 16.3. The molecule has 1 aliphatic heterocycles. The van der Waals surface area contributed by atoms with Crippen molar-refractivity contribution in [1.82, 2.24) is 15.5 Å². The zero-order valence-electron chi connectivity index (χ0n) is 12.5. The van der Waals surface area contributed by atoms with Gasteiger partial charge in [0.2, 0.25) is 0 Å². The molecule has 0 spiro atoms. The number of hydrogen-bond acceptors (Lipinski definition) is 3. The number of carbonyl (C=O) groups excluding carboxylic acids is 1. The van der Waals surface area contributed by atoms with Crippen LogP contribution >= 0.6 is 0 Å². The Labute approximate surface area is 122 Å². The molecule has 2 aliphatic rings. The summed E-state index contributed by atoms with van der Waals surface area (Å²) in [4.78, 5) is 14.1. The Morgan fingerprint density at radius 3 is 2.45 bits per heavy atom. The summed E-state index contributed by atoms with van der Waals surface area (Å²) in [7, 11) is 0. The molecule has 0 atom stereocenters. The first kappa shape index (κ1) is 15.6. The van der Waals surface area contributed by atoms with Gasteiger partial charge in [-0.15, -0.1) is 0 Å². The molecule has 0 radical (unpaired) electrons. The van der Waals surface area contributed by atoms with Crippen LogP contribution in [-0.2, 0) is 0 Å². The fourth-order valence-corrected chi connectivity index (χ4v) is 3.19. The normalized spacial score (nSPS) is 22.1. The first-order valence-corrected chi connectivity index (χ1v) is 8.14. The van der Waals surface area contributed by atoms with Gasteiger partial charge in [-0.1, -0.05) is 12.8 Å². The molecule has 3 N–H and O–H groups in total. The highest BCUT2D eigenvalue weighted by Crippen LogP contribution is 2.28. The monoisotopic (exact) mass is 283 g/mol. The van der Waals surface area contributed by atoms with Gasteiger partial charge in [0.25, 0.3) is 0 Å². The third-order valence-corrected chi connectivity index (χ3v) is 4.50. The molecular weight excluding hydrogens is 254 g/mol. The number of rotatable bonds is 7. The second kappa shape index (κ2) is 7.84. The highest BCUT2D eigenvalue weighted by Gasteiger charge is 2.31. The van der Waals surface area contributed by atoms with Gasteiger partial charge < -0.3 is 20.6 Å². The third-order valence-electron chi connectivity index (χ3n) is 4.50. The standard InChI is InChI=1S/C15H29N3O2/c19-14(17-13-15(20)7-1-2-8-15)16-9-3-4-10-18-11-5-6-12-18/h20H,1-13H2,(H2,16,17,19). The average molecular weight is 283 g/mol. The Hall–Kier alpha value is -0.810. The van der Waals surface area contributed by atoms with Gasteiger partial charge >= 0.3 is 6.03 Å². The summed E-state index contributed by atoms with van der Waals surface area (Å²) in [5, 5.41) is 15.8. The van der Waals surface area contributed by atoms with E-state index in [1.165, 1.54) is 25.9 Å². The Morgan fingerprint density at radius 1 is 1.05 bits per heavy atom. The van der Waals surface area contributed by atoms with E-state index in [0.717, 1.165) is 51.6 Å². The Bertz CT molecular complexity index is 297. The molecule has 1 saturated heterocycles. The summed E-state index contributed by atoms with van der Waals surface area (Å²) in [5.41, 5.74) is -0.660. The van der Waals surface area contributed by atoms with Gasteiger partial charge in [0.05, 0.1) is 5.60 Å². The average Bonchev–Trinajstić information content (AvgIpc) is 3.08. The quantitative estimate of drug-likeness (QED) is 0.620. The van der Waals surface area contributed by atoms with Crippen LogP contribution in [0.5, 0.6) is 0 Å². The summed E-state index contributed by atoms with van der Waals surface area (Å²) in [6.45, 7) is 4.74. The van der Waals surface area contributed by atoms with Gasteiger partial charge in [-0.05, 0) is 58.2 Å². The first-order chi connectivity index (χ1) is 9.68. The number of aliphatic hydroxyl groups is 1. The van der Waals surface area contributed by atoms with Gasteiger partial charge in [0.15, 0.2) is 0 Å². The minimum Gasteiger partial charge on any atom is -0.388 e. The third kappa shape index (κ3) is 5.29. The first-order valence-electron chi connectivity index (χ1n) is 8.14. The predicted octanol–water partition coefficient (Wildman–Crippen LogP) is 1.47. The van der Waals surface area contributed by atoms with Crippen molar-refractivity contribution in [1.29, 1.82) is 0 Å². The summed E-state index contributed by atoms with van der Waals surface area (Å²) in [5.74, 6) is 0. The SMILES string of the molecule is O=C(NCCCCN1CCCC1)NCC1(O)CCCC1. The van der Waals surface area contributed by atoms with Gasteiger partial charge in [-0.25, -0.2) is 4.79 Å². The van der Waals surface area contributed by atoms with E-state index in [0.29, 0.717) is 6.54 Å². The number of nitrogens with zero attached hydrogens (tertiary/aromatic N) is 1. The lowest BCUT2D eigenvalue weighted by molar-refractivity contribution is 0.0501. The van der Waals surface area contributed by atoms with Crippen molar-refractivity contribution < 1.29 is 9.90 Å². The molecule has 0 bridgehead atoms. The number of likely N-dealkylation sites (tertiary alicyclic amines) is 1. The maximum atomic E-state index is 11.6. The molecule has 0 aromatic rings. The molecule has 116 valence electrons. The van der Waals surface area contributed by atoms with Crippen molar-refractivity contribution in [3.8, 4) is 0 Å². The maximum absolute atomic E-state index is 11.6. The van der Waals surface area contributed by atoms with Crippen LogP contribution in [0.1, 0.15) is 51.4 Å². The molecule has 1 saturated carbocycles. The van der Waals surface area contributed by atoms with Crippen LogP contribution < -0.4 is 10.6 Å². The van der Waals surface area contributed by atoms with E-state index in [1.54, 1.807) is 0 Å². The summed E-state index contributed by atoms with van der Waals surface area (Å²) in [6, 6.07) is -0.147. The molecule has 2 fully saturated rings. The molecule has 20 heavy (non-hydrogen) atoms. The van der Waals surface area contributed by atoms with Crippen LogP contribution in [0.25, 0.3) is 0 Å². The lowest BCUT2D eigenvalue weighted by Crippen LogP contribution is -2.45. The van der Waals surface area contributed by atoms with E-state index >= 15 is 0 Å². The Balaban J connectivity index is 1.45. The second-order valence-electron chi connectivity index (χ2n) is 6.30.